The van der Waals surface area contributed by atoms with Gasteiger partial charge in [0, 0.05) is 19.8 Å². The van der Waals surface area contributed by atoms with Crippen LogP contribution >= 0.6 is 22.6 Å². The minimum atomic E-state index is -0.162. The van der Waals surface area contributed by atoms with Crippen LogP contribution in [0.25, 0.3) is 0 Å². The number of carbonyl (C=O) groups is 1. The van der Waals surface area contributed by atoms with Gasteiger partial charge in [0.05, 0.1) is 3.57 Å². The predicted molar refractivity (Wildman–Crippen MR) is 58.5 cm³/mol. The van der Waals surface area contributed by atoms with E-state index in [1.165, 1.54) is 0 Å². The Labute approximate surface area is 90.1 Å². The minimum Gasteiger partial charge on any atom is -0.347 e. The van der Waals surface area contributed by atoms with Crippen LogP contribution in [0.2, 0.25) is 0 Å². The zero-order valence-corrected chi connectivity index (χ0v) is 9.41. The van der Waals surface area contributed by atoms with Gasteiger partial charge in [-0.2, -0.15) is 5.10 Å². The van der Waals surface area contributed by atoms with Crippen LogP contribution in [-0.4, -0.2) is 22.2 Å². The second-order valence-electron chi connectivity index (χ2n) is 2.50. The van der Waals surface area contributed by atoms with Crippen molar-refractivity contribution in [2.24, 2.45) is 7.05 Å². The predicted octanol–water partition coefficient (Wildman–Crippen LogP) is 0.940. The summed E-state index contributed by atoms with van der Waals surface area (Å²) in [5.74, 6) is -0.162. The zero-order chi connectivity index (χ0) is 9.84. The summed E-state index contributed by atoms with van der Waals surface area (Å²) >= 11 is 2.08. The van der Waals surface area contributed by atoms with Crippen molar-refractivity contribution < 1.29 is 4.79 Å². The largest absolute Gasteiger partial charge is 0.347 e. The molecule has 0 spiro atoms. The van der Waals surface area contributed by atoms with E-state index < -0.39 is 0 Å². The van der Waals surface area contributed by atoms with E-state index in [0.717, 1.165) is 3.57 Å². The number of carbonyl (C=O) groups excluding carboxylic acids is 1. The maximum atomic E-state index is 11.4. The molecule has 0 saturated heterocycles. The Morgan fingerprint density at radius 1 is 1.92 bits per heavy atom. The molecule has 13 heavy (non-hydrogen) atoms. The standard InChI is InChI=1S/C8H10IN3O/c1-3-4-10-8(13)7-6(9)5-12(2)11-7/h3,5H,1,4H2,2H3,(H,10,13). The Bertz CT molecular complexity index is 332. The molecular weight excluding hydrogens is 281 g/mol. The number of hydrogen-bond acceptors (Lipinski definition) is 2. The third-order valence-corrected chi connectivity index (χ3v) is 2.20. The van der Waals surface area contributed by atoms with E-state index in [0.29, 0.717) is 12.2 Å². The summed E-state index contributed by atoms with van der Waals surface area (Å²) in [4.78, 5) is 11.4. The van der Waals surface area contributed by atoms with E-state index in [1.807, 2.05) is 0 Å². The van der Waals surface area contributed by atoms with Crippen molar-refractivity contribution in [3.05, 3.63) is 28.1 Å². The molecule has 0 aliphatic rings. The van der Waals surface area contributed by atoms with Gasteiger partial charge in [0.25, 0.3) is 5.91 Å². The summed E-state index contributed by atoms with van der Waals surface area (Å²) in [6.07, 6.45) is 3.43. The molecule has 0 unspecified atom stereocenters. The number of amides is 1. The van der Waals surface area contributed by atoms with Gasteiger partial charge in [0.2, 0.25) is 0 Å². The van der Waals surface area contributed by atoms with Crippen LogP contribution < -0.4 is 5.32 Å². The summed E-state index contributed by atoms with van der Waals surface area (Å²) in [5, 5.41) is 6.69. The molecule has 1 aromatic heterocycles. The van der Waals surface area contributed by atoms with E-state index in [4.69, 9.17) is 0 Å². The molecule has 0 fully saturated rings. The van der Waals surface area contributed by atoms with Crippen molar-refractivity contribution in [3.63, 3.8) is 0 Å². The van der Waals surface area contributed by atoms with Crippen LogP contribution in [0.5, 0.6) is 0 Å². The topological polar surface area (TPSA) is 46.9 Å². The molecule has 0 saturated carbocycles. The number of hydrogen-bond donors (Lipinski definition) is 1. The summed E-state index contributed by atoms with van der Waals surface area (Å²) in [7, 11) is 1.78. The monoisotopic (exact) mass is 291 g/mol. The average molecular weight is 291 g/mol. The fourth-order valence-electron chi connectivity index (χ4n) is 0.862. The number of aryl methyl sites for hydroxylation is 1. The molecule has 1 rings (SSSR count). The number of halogens is 1. The molecule has 1 amide bonds. The first-order chi connectivity index (χ1) is 6.15. The van der Waals surface area contributed by atoms with Crippen molar-refractivity contribution in [1.82, 2.24) is 15.1 Å². The molecule has 0 atom stereocenters. The van der Waals surface area contributed by atoms with E-state index in [-0.39, 0.29) is 5.91 Å². The van der Waals surface area contributed by atoms with Crippen LogP contribution in [0.15, 0.2) is 18.9 Å². The minimum absolute atomic E-state index is 0.162. The third-order valence-electron chi connectivity index (χ3n) is 1.41. The van der Waals surface area contributed by atoms with Crippen molar-refractivity contribution in [1.29, 1.82) is 0 Å². The molecular formula is C8H10IN3O. The first kappa shape index (κ1) is 10.2. The number of nitrogens with zero attached hydrogens (tertiary/aromatic N) is 2. The lowest BCUT2D eigenvalue weighted by Crippen LogP contribution is -2.24. The van der Waals surface area contributed by atoms with Crippen LogP contribution in [0.1, 0.15) is 10.5 Å². The average Bonchev–Trinajstić information content (AvgIpc) is 2.41. The molecule has 0 aromatic carbocycles. The maximum absolute atomic E-state index is 11.4. The smallest absolute Gasteiger partial charge is 0.273 e. The lowest BCUT2D eigenvalue weighted by atomic mass is 10.4. The Balaban J connectivity index is 2.76. The van der Waals surface area contributed by atoms with Crippen LogP contribution in [0.3, 0.4) is 0 Å². The van der Waals surface area contributed by atoms with Gasteiger partial charge in [-0.3, -0.25) is 9.48 Å². The van der Waals surface area contributed by atoms with E-state index in [9.17, 15) is 4.79 Å². The van der Waals surface area contributed by atoms with Crippen molar-refractivity contribution in [2.45, 2.75) is 0 Å². The lowest BCUT2D eigenvalue weighted by molar-refractivity contribution is 0.0951. The first-order valence-corrected chi connectivity index (χ1v) is 4.81. The van der Waals surface area contributed by atoms with Gasteiger partial charge in [-0.25, -0.2) is 0 Å². The number of aromatic nitrogens is 2. The summed E-state index contributed by atoms with van der Waals surface area (Å²) in [6, 6.07) is 0. The zero-order valence-electron chi connectivity index (χ0n) is 7.25. The molecule has 0 bridgehead atoms. The van der Waals surface area contributed by atoms with Gasteiger partial charge in [-0.15, -0.1) is 6.58 Å². The van der Waals surface area contributed by atoms with Gasteiger partial charge < -0.3 is 5.32 Å². The Kier molecular flexibility index (Phi) is 3.47. The first-order valence-electron chi connectivity index (χ1n) is 3.73. The van der Waals surface area contributed by atoms with Gasteiger partial charge >= 0.3 is 0 Å². The summed E-state index contributed by atoms with van der Waals surface area (Å²) < 4.78 is 2.46. The molecule has 5 heteroatoms. The van der Waals surface area contributed by atoms with Gasteiger partial charge in [-0.05, 0) is 22.6 Å². The fourth-order valence-corrected chi connectivity index (χ4v) is 1.62. The summed E-state index contributed by atoms with van der Waals surface area (Å²) in [6.45, 7) is 3.98. The molecule has 4 nitrogen and oxygen atoms in total. The summed E-state index contributed by atoms with van der Waals surface area (Å²) in [5.41, 5.74) is 0.463. The maximum Gasteiger partial charge on any atom is 0.273 e. The second kappa shape index (κ2) is 4.40. The highest BCUT2D eigenvalue weighted by atomic mass is 127. The molecule has 70 valence electrons. The van der Waals surface area contributed by atoms with Crippen LogP contribution in [-0.2, 0) is 7.05 Å². The van der Waals surface area contributed by atoms with Gasteiger partial charge in [0.1, 0.15) is 0 Å². The van der Waals surface area contributed by atoms with Crippen LogP contribution in [0, 0.1) is 3.57 Å². The highest BCUT2D eigenvalue weighted by Crippen LogP contribution is 2.08. The number of nitrogens with one attached hydrogen (secondary N) is 1. The molecule has 1 aromatic rings. The highest BCUT2D eigenvalue weighted by Gasteiger charge is 2.12. The normalized spacial score (nSPS) is 9.69. The van der Waals surface area contributed by atoms with Gasteiger partial charge in [0.15, 0.2) is 5.69 Å². The molecule has 0 radical (unpaired) electrons. The SMILES string of the molecule is C=CCNC(=O)c1nn(C)cc1I. The van der Waals surface area contributed by atoms with Crippen molar-refractivity contribution in [3.8, 4) is 0 Å². The molecule has 0 aliphatic carbocycles. The Morgan fingerprint density at radius 2 is 2.62 bits per heavy atom. The van der Waals surface area contributed by atoms with E-state index in [1.54, 1.807) is 24.0 Å². The Hall–Kier alpha value is -0.850. The number of rotatable bonds is 3. The highest BCUT2D eigenvalue weighted by molar-refractivity contribution is 14.1. The van der Waals surface area contributed by atoms with E-state index in [2.05, 4.69) is 39.6 Å². The van der Waals surface area contributed by atoms with Crippen molar-refractivity contribution in [2.75, 3.05) is 6.54 Å². The quantitative estimate of drug-likeness (QED) is 0.665. The fraction of sp³-hybridized carbons (Fsp3) is 0.250. The van der Waals surface area contributed by atoms with E-state index >= 15 is 0 Å². The lowest BCUT2D eigenvalue weighted by Gasteiger charge is -1.97. The molecule has 1 heterocycles. The third kappa shape index (κ3) is 2.55. The Morgan fingerprint density at radius 3 is 3.08 bits per heavy atom. The van der Waals surface area contributed by atoms with Crippen LogP contribution in [0.4, 0.5) is 0 Å². The molecule has 1 N–H and O–H groups in total. The molecule has 0 aliphatic heterocycles. The second-order valence-corrected chi connectivity index (χ2v) is 3.66. The van der Waals surface area contributed by atoms with Crippen molar-refractivity contribution >= 4 is 28.5 Å². The van der Waals surface area contributed by atoms with Gasteiger partial charge in [-0.1, -0.05) is 6.08 Å².